The molecule has 0 saturated heterocycles. The highest BCUT2D eigenvalue weighted by Crippen LogP contribution is 2.19. The third-order valence-corrected chi connectivity index (χ3v) is 3.11. The van der Waals surface area contributed by atoms with E-state index in [1.165, 1.54) is 12.1 Å². The molecule has 1 aromatic carbocycles. The first-order chi connectivity index (χ1) is 9.47. The zero-order valence-electron chi connectivity index (χ0n) is 11.6. The van der Waals surface area contributed by atoms with Gasteiger partial charge in [0.25, 0.3) is 0 Å². The van der Waals surface area contributed by atoms with Crippen LogP contribution in [0.25, 0.3) is 0 Å². The largest absolute Gasteiger partial charge is 0.347 e. The van der Waals surface area contributed by atoms with Gasteiger partial charge in [-0.25, -0.2) is 4.39 Å². The SMILES string of the molecule is CC(C)(NC(=O)Cc1cccc(F)c1)c1ccncc1. The first-order valence-electron chi connectivity index (χ1n) is 6.43. The van der Waals surface area contributed by atoms with Gasteiger partial charge in [-0.3, -0.25) is 9.78 Å². The summed E-state index contributed by atoms with van der Waals surface area (Å²) in [6, 6.07) is 9.81. The summed E-state index contributed by atoms with van der Waals surface area (Å²) >= 11 is 0. The molecule has 0 aliphatic heterocycles. The number of amides is 1. The van der Waals surface area contributed by atoms with Crippen LogP contribution in [0.5, 0.6) is 0 Å². The fourth-order valence-electron chi connectivity index (χ4n) is 2.07. The van der Waals surface area contributed by atoms with Gasteiger partial charge < -0.3 is 5.32 Å². The molecule has 0 aliphatic rings. The molecule has 0 radical (unpaired) electrons. The third kappa shape index (κ3) is 3.63. The fourth-order valence-corrected chi connectivity index (χ4v) is 2.07. The highest BCUT2D eigenvalue weighted by atomic mass is 19.1. The standard InChI is InChI=1S/C16H17FN2O/c1-16(2,13-6-8-18-9-7-13)19-15(20)11-12-4-3-5-14(17)10-12/h3-10H,11H2,1-2H3,(H,19,20). The molecule has 1 aromatic heterocycles. The van der Waals surface area contributed by atoms with Crippen LogP contribution in [-0.4, -0.2) is 10.9 Å². The Bertz CT molecular complexity index is 596. The molecule has 0 spiro atoms. The maximum atomic E-state index is 13.1. The smallest absolute Gasteiger partial charge is 0.225 e. The second-order valence-corrected chi connectivity index (χ2v) is 5.22. The van der Waals surface area contributed by atoms with Crippen molar-refractivity contribution < 1.29 is 9.18 Å². The highest BCUT2D eigenvalue weighted by molar-refractivity contribution is 5.79. The second kappa shape index (κ2) is 5.82. The normalized spacial score (nSPS) is 11.2. The van der Waals surface area contributed by atoms with Crippen molar-refractivity contribution in [2.45, 2.75) is 25.8 Å². The van der Waals surface area contributed by atoms with Crippen molar-refractivity contribution in [3.05, 3.63) is 65.7 Å². The molecule has 0 atom stereocenters. The predicted molar refractivity (Wildman–Crippen MR) is 75.5 cm³/mol. The quantitative estimate of drug-likeness (QED) is 0.930. The summed E-state index contributed by atoms with van der Waals surface area (Å²) in [6.07, 6.45) is 3.54. The molecule has 0 aliphatic carbocycles. The molecule has 0 saturated carbocycles. The molecule has 2 aromatic rings. The summed E-state index contributed by atoms with van der Waals surface area (Å²) < 4.78 is 13.1. The molecule has 3 nitrogen and oxygen atoms in total. The summed E-state index contributed by atoms with van der Waals surface area (Å²) in [4.78, 5) is 16.0. The minimum atomic E-state index is -0.493. The van der Waals surface area contributed by atoms with E-state index in [9.17, 15) is 9.18 Å². The number of carbonyl (C=O) groups excluding carboxylic acids is 1. The number of hydrogen-bond donors (Lipinski definition) is 1. The molecule has 1 amide bonds. The minimum absolute atomic E-state index is 0.141. The van der Waals surface area contributed by atoms with Crippen molar-refractivity contribution >= 4 is 5.91 Å². The molecule has 4 heteroatoms. The summed E-state index contributed by atoms with van der Waals surface area (Å²) in [5.74, 6) is -0.471. The number of nitrogens with zero attached hydrogens (tertiary/aromatic N) is 1. The average molecular weight is 272 g/mol. The van der Waals surface area contributed by atoms with E-state index in [2.05, 4.69) is 10.3 Å². The summed E-state index contributed by atoms with van der Waals surface area (Å²) in [6.45, 7) is 3.84. The Labute approximate surface area is 117 Å². The molecule has 2 rings (SSSR count). The van der Waals surface area contributed by atoms with E-state index in [1.54, 1.807) is 24.5 Å². The summed E-state index contributed by atoms with van der Waals surface area (Å²) in [5.41, 5.74) is 1.14. The molecule has 1 N–H and O–H groups in total. The molecule has 1 heterocycles. The van der Waals surface area contributed by atoms with Crippen LogP contribution in [-0.2, 0) is 16.8 Å². The van der Waals surface area contributed by atoms with Crippen LogP contribution in [0, 0.1) is 5.82 Å². The maximum Gasteiger partial charge on any atom is 0.225 e. The van der Waals surface area contributed by atoms with Gasteiger partial charge in [0.1, 0.15) is 5.82 Å². The van der Waals surface area contributed by atoms with E-state index in [4.69, 9.17) is 0 Å². The van der Waals surface area contributed by atoms with Gasteiger partial charge in [0.15, 0.2) is 0 Å². The number of hydrogen-bond acceptors (Lipinski definition) is 2. The van der Waals surface area contributed by atoms with E-state index < -0.39 is 5.54 Å². The van der Waals surface area contributed by atoms with Crippen LogP contribution in [0.2, 0.25) is 0 Å². The van der Waals surface area contributed by atoms with E-state index in [1.807, 2.05) is 26.0 Å². The zero-order chi connectivity index (χ0) is 14.6. The average Bonchev–Trinajstić information content (AvgIpc) is 2.39. The molecule has 0 fully saturated rings. The molecule has 0 unspecified atom stereocenters. The predicted octanol–water partition coefficient (Wildman–Crippen LogP) is 2.81. The van der Waals surface area contributed by atoms with Crippen molar-refractivity contribution in [1.82, 2.24) is 10.3 Å². The maximum absolute atomic E-state index is 13.1. The van der Waals surface area contributed by atoms with Gasteiger partial charge in [0.2, 0.25) is 5.91 Å². The Morgan fingerprint density at radius 2 is 1.95 bits per heavy atom. The lowest BCUT2D eigenvalue weighted by molar-refractivity contribution is -0.122. The van der Waals surface area contributed by atoms with Crippen LogP contribution in [0.3, 0.4) is 0 Å². The van der Waals surface area contributed by atoms with Crippen molar-refractivity contribution in [1.29, 1.82) is 0 Å². The molecular formula is C16H17FN2O. The molecule has 0 bridgehead atoms. The van der Waals surface area contributed by atoms with Gasteiger partial charge in [-0.05, 0) is 49.2 Å². The Hall–Kier alpha value is -2.23. The van der Waals surface area contributed by atoms with Crippen LogP contribution < -0.4 is 5.32 Å². The molecular weight excluding hydrogens is 255 g/mol. The highest BCUT2D eigenvalue weighted by Gasteiger charge is 2.22. The number of pyridine rings is 1. The van der Waals surface area contributed by atoms with Gasteiger partial charge in [0, 0.05) is 12.4 Å². The van der Waals surface area contributed by atoms with Crippen molar-refractivity contribution in [2.75, 3.05) is 0 Å². The van der Waals surface area contributed by atoms with E-state index in [-0.39, 0.29) is 18.1 Å². The third-order valence-electron chi connectivity index (χ3n) is 3.11. The Morgan fingerprint density at radius 3 is 2.60 bits per heavy atom. The first-order valence-corrected chi connectivity index (χ1v) is 6.43. The van der Waals surface area contributed by atoms with Crippen LogP contribution in [0.15, 0.2) is 48.8 Å². The Morgan fingerprint density at radius 1 is 1.25 bits per heavy atom. The lowest BCUT2D eigenvalue weighted by Gasteiger charge is -2.26. The number of aromatic nitrogens is 1. The monoisotopic (exact) mass is 272 g/mol. The van der Waals surface area contributed by atoms with Gasteiger partial charge >= 0.3 is 0 Å². The van der Waals surface area contributed by atoms with E-state index in [0.29, 0.717) is 5.56 Å². The van der Waals surface area contributed by atoms with E-state index >= 15 is 0 Å². The molecule has 104 valence electrons. The number of rotatable bonds is 4. The number of halogens is 1. The van der Waals surface area contributed by atoms with Crippen LogP contribution >= 0.6 is 0 Å². The summed E-state index contributed by atoms with van der Waals surface area (Å²) in [7, 11) is 0. The van der Waals surface area contributed by atoms with E-state index in [0.717, 1.165) is 5.56 Å². The van der Waals surface area contributed by atoms with Gasteiger partial charge in [0.05, 0.1) is 12.0 Å². The van der Waals surface area contributed by atoms with Gasteiger partial charge in [-0.15, -0.1) is 0 Å². The lowest BCUT2D eigenvalue weighted by atomic mass is 9.95. The van der Waals surface area contributed by atoms with Crippen LogP contribution in [0.4, 0.5) is 4.39 Å². The minimum Gasteiger partial charge on any atom is -0.347 e. The lowest BCUT2D eigenvalue weighted by Crippen LogP contribution is -2.41. The molecule has 20 heavy (non-hydrogen) atoms. The number of carbonyl (C=O) groups is 1. The zero-order valence-corrected chi connectivity index (χ0v) is 11.6. The second-order valence-electron chi connectivity index (χ2n) is 5.22. The fraction of sp³-hybridized carbons (Fsp3) is 0.250. The Kier molecular flexibility index (Phi) is 4.13. The summed E-state index contributed by atoms with van der Waals surface area (Å²) in [5, 5.41) is 2.95. The number of benzene rings is 1. The van der Waals surface area contributed by atoms with Gasteiger partial charge in [-0.1, -0.05) is 12.1 Å². The van der Waals surface area contributed by atoms with Crippen LogP contribution in [0.1, 0.15) is 25.0 Å². The Balaban J connectivity index is 2.04. The number of nitrogens with one attached hydrogen (secondary N) is 1. The van der Waals surface area contributed by atoms with Crippen molar-refractivity contribution in [3.63, 3.8) is 0 Å². The van der Waals surface area contributed by atoms with Crippen molar-refractivity contribution in [3.8, 4) is 0 Å². The first kappa shape index (κ1) is 14.2. The van der Waals surface area contributed by atoms with Gasteiger partial charge in [-0.2, -0.15) is 0 Å². The topological polar surface area (TPSA) is 42.0 Å². The van der Waals surface area contributed by atoms with Crippen molar-refractivity contribution in [2.24, 2.45) is 0 Å².